The molecule has 1 aromatic heterocycles. The number of aromatic nitrogens is 1. The summed E-state index contributed by atoms with van der Waals surface area (Å²) in [6.07, 6.45) is 0. The quantitative estimate of drug-likeness (QED) is 0.625. The zero-order valence-electron chi connectivity index (χ0n) is 13.7. The second kappa shape index (κ2) is 6.98. The van der Waals surface area contributed by atoms with E-state index in [2.05, 4.69) is 10.3 Å². The maximum atomic E-state index is 12.9. The van der Waals surface area contributed by atoms with E-state index in [-0.39, 0.29) is 11.1 Å². The first kappa shape index (κ1) is 16.9. The minimum absolute atomic E-state index is 0.147. The first-order valence-electron chi connectivity index (χ1n) is 8.15. The minimum atomic E-state index is -0.147. The molecule has 0 saturated carbocycles. The van der Waals surface area contributed by atoms with Crippen molar-refractivity contribution in [1.29, 1.82) is 0 Å². The van der Waals surface area contributed by atoms with Crippen molar-refractivity contribution in [2.75, 3.05) is 5.32 Å². The number of anilines is 2. The first-order chi connectivity index (χ1) is 12.6. The Balaban J connectivity index is 1.59. The van der Waals surface area contributed by atoms with E-state index in [1.807, 2.05) is 42.5 Å². The van der Waals surface area contributed by atoms with E-state index in [0.29, 0.717) is 29.5 Å². The third-order valence-electron chi connectivity index (χ3n) is 4.29. The van der Waals surface area contributed by atoms with E-state index in [0.717, 1.165) is 16.8 Å². The van der Waals surface area contributed by atoms with E-state index in [9.17, 15) is 4.79 Å². The summed E-state index contributed by atoms with van der Waals surface area (Å²) in [4.78, 5) is 18.9. The molecule has 130 valence electrons. The largest absolute Gasteiger partial charge is 0.354 e. The van der Waals surface area contributed by atoms with Crippen LogP contribution in [0.1, 0.15) is 21.6 Å². The van der Waals surface area contributed by atoms with E-state index < -0.39 is 0 Å². The zero-order valence-corrected chi connectivity index (χ0v) is 15.3. The number of hydrogen-bond donors (Lipinski definition) is 1. The van der Waals surface area contributed by atoms with Crippen molar-refractivity contribution in [2.45, 2.75) is 13.1 Å². The number of pyridine rings is 1. The molecule has 0 radical (unpaired) electrons. The van der Waals surface area contributed by atoms with Crippen molar-refractivity contribution in [2.24, 2.45) is 0 Å². The highest BCUT2D eigenvalue weighted by Crippen LogP contribution is 2.28. The fourth-order valence-corrected chi connectivity index (χ4v) is 3.43. The number of halogens is 2. The van der Waals surface area contributed by atoms with Gasteiger partial charge in [-0.2, -0.15) is 0 Å². The topological polar surface area (TPSA) is 45.2 Å². The molecule has 0 saturated heterocycles. The lowest BCUT2D eigenvalue weighted by atomic mass is 10.1. The summed E-state index contributed by atoms with van der Waals surface area (Å²) >= 11 is 12.3. The summed E-state index contributed by atoms with van der Waals surface area (Å²) in [5, 5.41) is 4.03. The molecule has 0 fully saturated rings. The van der Waals surface area contributed by atoms with Crippen molar-refractivity contribution in [3.8, 4) is 0 Å². The normalized spacial score (nSPS) is 12.8. The van der Waals surface area contributed by atoms with E-state index in [1.54, 1.807) is 23.1 Å². The Morgan fingerprint density at radius 3 is 2.31 bits per heavy atom. The molecule has 26 heavy (non-hydrogen) atoms. The van der Waals surface area contributed by atoms with Gasteiger partial charge in [0.05, 0.1) is 10.7 Å². The molecular weight excluding hydrogens is 369 g/mol. The summed E-state index contributed by atoms with van der Waals surface area (Å²) in [7, 11) is 0. The van der Waals surface area contributed by atoms with Gasteiger partial charge in [0.25, 0.3) is 5.91 Å². The molecule has 6 heteroatoms. The lowest BCUT2D eigenvalue weighted by Crippen LogP contribution is -2.26. The number of nitrogens with one attached hydrogen (secondary N) is 1. The molecule has 0 bridgehead atoms. The van der Waals surface area contributed by atoms with Crippen LogP contribution in [0.4, 0.5) is 11.4 Å². The molecule has 1 N–H and O–H groups in total. The maximum absolute atomic E-state index is 12.9. The summed E-state index contributed by atoms with van der Waals surface area (Å²) in [5.41, 5.74) is 4.04. The van der Waals surface area contributed by atoms with Crippen molar-refractivity contribution >= 4 is 40.5 Å². The fourth-order valence-electron chi connectivity index (χ4n) is 3.04. The van der Waals surface area contributed by atoms with Crippen molar-refractivity contribution < 1.29 is 4.79 Å². The number of rotatable bonds is 3. The van der Waals surface area contributed by atoms with Crippen LogP contribution in [-0.4, -0.2) is 15.8 Å². The monoisotopic (exact) mass is 383 g/mol. The zero-order chi connectivity index (χ0) is 18.1. The minimum Gasteiger partial charge on any atom is -0.354 e. The SMILES string of the molecule is O=C(c1cc(Nc2ccccc2Cl)cc(Cl)n1)N1Cc2ccccc2C1. The number of fused-ring (bicyclic) bond motifs is 1. The van der Waals surface area contributed by atoms with Gasteiger partial charge in [0.1, 0.15) is 10.8 Å². The van der Waals surface area contributed by atoms with Crippen LogP contribution in [0.5, 0.6) is 0 Å². The Kier molecular flexibility index (Phi) is 4.53. The molecular formula is C20H15Cl2N3O. The van der Waals surface area contributed by atoms with Crippen LogP contribution in [-0.2, 0) is 13.1 Å². The average molecular weight is 384 g/mol. The van der Waals surface area contributed by atoms with Crippen LogP contribution in [0.2, 0.25) is 10.2 Å². The predicted molar refractivity (Wildman–Crippen MR) is 104 cm³/mol. The van der Waals surface area contributed by atoms with Crippen LogP contribution in [0.3, 0.4) is 0 Å². The molecule has 0 unspecified atom stereocenters. The van der Waals surface area contributed by atoms with Gasteiger partial charge in [-0.15, -0.1) is 0 Å². The van der Waals surface area contributed by atoms with Crippen LogP contribution in [0.15, 0.2) is 60.7 Å². The predicted octanol–water partition coefficient (Wildman–Crippen LogP) is 5.29. The number of nitrogens with zero attached hydrogens (tertiary/aromatic N) is 2. The molecule has 1 aliphatic heterocycles. The average Bonchev–Trinajstić information content (AvgIpc) is 3.07. The van der Waals surface area contributed by atoms with Crippen LogP contribution in [0, 0.1) is 0 Å². The van der Waals surface area contributed by atoms with Gasteiger partial charge < -0.3 is 10.2 Å². The number of carbonyl (C=O) groups is 1. The molecule has 2 heterocycles. The third kappa shape index (κ3) is 3.39. The molecule has 4 nitrogen and oxygen atoms in total. The Labute approximate surface area is 161 Å². The highest BCUT2D eigenvalue weighted by molar-refractivity contribution is 6.33. The van der Waals surface area contributed by atoms with Crippen molar-refractivity contribution in [3.63, 3.8) is 0 Å². The smallest absolute Gasteiger partial charge is 0.273 e. The summed E-state index contributed by atoms with van der Waals surface area (Å²) in [6.45, 7) is 1.16. The van der Waals surface area contributed by atoms with E-state index in [1.165, 1.54) is 0 Å². The Hall–Kier alpha value is -2.56. The Morgan fingerprint density at radius 2 is 1.62 bits per heavy atom. The van der Waals surface area contributed by atoms with Gasteiger partial charge in [-0.25, -0.2) is 4.98 Å². The molecule has 0 atom stereocenters. The first-order valence-corrected chi connectivity index (χ1v) is 8.91. The van der Waals surface area contributed by atoms with Crippen LogP contribution in [0.25, 0.3) is 0 Å². The van der Waals surface area contributed by atoms with Gasteiger partial charge in [0.2, 0.25) is 0 Å². The molecule has 0 spiro atoms. The van der Waals surface area contributed by atoms with Crippen molar-refractivity contribution in [1.82, 2.24) is 9.88 Å². The van der Waals surface area contributed by atoms with E-state index >= 15 is 0 Å². The molecule has 0 aliphatic carbocycles. The number of carbonyl (C=O) groups excluding carboxylic acids is 1. The van der Waals surface area contributed by atoms with Gasteiger partial charge in [0.15, 0.2) is 0 Å². The molecule has 3 aromatic rings. The molecule has 1 amide bonds. The van der Waals surface area contributed by atoms with Crippen LogP contribution < -0.4 is 5.32 Å². The van der Waals surface area contributed by atoms with Gasteiger partial charge in [-0.3, -0.25) is 4.79 Å². The lowest BCUT2D eigenvalue weighted by molar-refractivity contribution is 0.0745. The molecule has 2 aromatic carbocycles. The molecule has 4 rings (SSSR count). The second-order valence-corrected chi connectivity index (χ2v) is 6.89. The number of para-hydroxylation sites is 1. The van der Waals surface area contributed by atoms with Gasteiger partial charge >= 0.3 is 0 Å². The highest BCUT2D eigenvalue weighted by Gasteiger charge is 2.25. The summed E-state index contributed by atoms with van der Waals surface area (Å²) in [6, 6.07) is 18.8. The Bertz CT molecular complexity index is 965. The van der Waals surface area contributed by atoms with Crippen molar-refractivity contribution in [3.05, 3.63) is 87.7 Å². The second-order valence-electron chi connectivity index (χ2n) is 6.10. The fraction of sp³-hybridized carbons (Fsp3) is 0.100. The standard InChI is InChI=1S/C20H15Cl2N3O/c21-16-7-3-4-8-17(16)23-15-9-18(24-19(22)10-15)20(26)25-11-13-5-1-2-6-14(13)12-25/h1-10H,11-12H2,(H,23,24). The number of benzene rings is 2. The number of hydrogen-bond acceptors (Lipinski definition) is 3. The van der Waals surface area contributed by atoms with E-state index in [4.69, 9.17) is 23.2 Å². The van der Waals surface area contributed by atoms with Crippen LogP contribution >= 0.6 is 23.2 Å². The van der Waals surface area contributed by atoms with Gasteiger partial charge in [0, 0.05) is 18.8 Å². The lowest BCUT2D eigenvalue weighted by Gasteiger charge is -2.16. The third-order valence-corrected chi connectivity index (χ3v) is 4.82. The highest BCUT2D eigenvalue weighted by atomic mass is 35.5. The Morgan fingerprint density at radius 1 is 0.962 bits per heavy atom. The number of amides is 1. The molecule has 1 aliphatic rings. The van der Waals surface area contributed by atoms with Gasteiger partial charge in [-0.05, 0) is 35.4 Å². The maximum Gasteiger partial charge on any atom is 0.273 e. The summed E-state index contributed by atoms with van der Waals surface area (Å²) in [5.74, 6) is -0.147. The summed E-state index contributed by atoms with van der Waals surface area (Å²) < 4.78 is 0. The van der Waals surface area contributed by atoms with Gasteiger partial charge in [-0.1, -0.05) is 59.6 Å².